The van der Waals surface area contributed by atoms with Crippen molar-refractivity contribution in [3.8, 4) is 0 Å². The minimum absolute atomic E-state index is 0.000697. The van der Waals surface area contributed by atoms with Gasteiger partial charge in [0.05, 0.1) is 6.10 Å². The summed E-state index contributed by atoms with van der Waals surface area (Å²) in [6, 6.07) is 0. The first-order valence-electron chi connectivity index (χ1n) is 10.7. The van der Waals surface area contributed by atoms with Crippen LogP contribution in [-0.2, 0) is 19.1 Å². The molecule has 2 unspecified atom stereocenters. The number of hydrogen-bond acceptors (Lipinski definition) is 6. The van der Waals surface area contributed by atoms with Crippen LogP contribution >= 0.6 is 12.1 Å². The second-order valence-electron chi connectivity index (χ2n) is 10.0. The van der Waals surface area contributed by atoms with E-state index in [2.05, 4.69) is 6.92 Å². The second kappa shape index (κ2) is 7.02. The smallest absolute Gasteiger partial charge is 0.303 e. The maximum absolute atomic E-state index is 13.6. The van der Waals surface area contributed by atoms with Crippen LogP contribution in [0.5, 0.6) is 0 Å². The Labute approximate surface area is 180 Å². The lowest BCUT2D eigenvalue weighted by Gasteiger charge is -2.59. The van der Waals surface area contributed by atoms with E-state index in [9.17, 15) is 23.4 Å². The topological polar surface area (TPSA) is 80.7 Å². The van der Waals surface area contributed by atoms with Gasteiger partial charge in [-0.3, -0.25) is 14.4 Å². The lowest BCUT2D eigenvalue weighted by Crippen LogP contribution is -2.63. The number of ether oxygens (including phenoxy) is 1. The zero-order valence-corrected chi connectivity index (χ0v) is 18.6. The number of fused-ring (bicyclic) bond motifs is 5. The Hall–Kier alpha value is -1.47. The fourth-order valence-corrected chi connectivity index (χ4v) is 8.21. The standard InChI is InChI=1S/C23H29FO5S/c1-12-9-17-16-6-5-14-10-15(26)7-8-21(14,3)19(16)18(27)11-22(17,4)23(12,20(28)30-24)29-13(2)25/h7-8,10,12,16-19,27H,5-6,9,11H2,1-4H3/t12-,16?,17?,18+,19-,21+,22+,23+/m1/s1. The average Bonchev–Trinajstić information content (AvgIpc) is 2.88. The van der Waals surface area contributed by atoms with Gasteiger partial charge in [0.15, 0.2) is 11.4 Å². The number of rotatable bonds is 2. The lowest BCUT2D eigenvalue weighted by atomic mass is 9.46. The summed E-state index contributed by atoms with van der Waals surface area (Å²) in [5.74, 6) is -1.02. The fourth-order valence-electron chi connectivity index (χ4n) is 7.62. The molecule has 1 N–H and O–H groups in total. The molecule has 0 amide bonds. The van der Waals surface area contributed by atoms with E-state index in [0.717, 1.165) is 18.4 Å². The molecule has 0 aliphatic heterocycles. The van der Waals surface area contributed by atoms with Gasteiger partial charge in [0.25, 0.3) is 5.12 Å². The minimum Gasteiger partial charge on any atom is -0.449 e. The summed E-state index contributed by atoms with van der Waals surface area (Å²) in [6.07, 6.45) is 6.83. The van der Waals surface area contributed by atoms with Gasteiger partial charge in [-0.15, -0.1) is 0 Å². The van der Waals surface area contributed by atoms with E-state index in [1.807, 2.05) is 19.9 Å². The monoisotopic (exact) mass is 436 g/mol. The maximum Gasteiger partial charge on any atom is 0.303 e. The number of carbonyl (C=O) groups excluding carboxylic acids is 3. The highest BCUT2D eigenvalue weighted by molar-refractivity contribution is 8.09. The number of esters is 1. The molecule has 4 aliphatic carbocycles. The Kier molecular flexibility index (Phi) is 5.09. The molecule has 0 heterocycles. The summed E-state index contributed by atoms with van der Waals surface area (Å²) in [5.41, 5.74) is -1.83. The van der Waals surface area contributed by atoms with Crippen LogP contribution in [-0.4, -0.2) is 33.7 Å². The molecule has 3 fully saturated rings. The SMILES string of the molecule is CC(=O)O[C@]1(C(=O)SF)[C@H](C)CC2C3CCC4=CC(=O)C=C[C@]4(C)[C@H]3[C@@H](O)C[C@@]21C. The van der Waals surface area contributed by atoms with Gasteiger partial charge in [-0.1, -0.05) is 32.4 Å². The third kappa shape index (κ3) is 2.67. The predicted octanol–water partition coefficient (Wildman–Crippen LogP) is 3.96. The van der Waals surface area contributed by atoms with E-state index in [1.54, 1.807) is 12.2 Å². The summed E-state index contributed by atoms with van der Waals surface area (Å²) in [5, 5.41) is 10.6. The van der Waals surface area contributed by atoms with Gasteiger partial charge >= 0.3 is 5.97 Å². The molecule has 0 spiro atoms. The van der Waals surface area contributed by atoms with Gasteiger partial charge in [-0.05, 0) is 49.7 Å². The molecule has 3 saturated carbocycles. The highest BCUT2D eigenvalue weighted by Crippen LogP contribution is 2.69. The van der Waals surface area contributed by atoms with Gasteiger partial charge in [0, 0.05) is 29.6 Å². The number of halogens is 1. The molecular weight excluding hydrogens is 407 g/mol. The Balaban J connectivity index is 1.81. The molecule has 0 radical (unpaired) electrons. The minimum atomic E-state index is -1.59. The molecule has 0 saturated heterocycles. The van der Waals surface area contributed by atoms with Gasteiger partial charge in [0.1, 0.15) is 12.1 Å². The molecule has 5 nitrogen and oxygen atoms in total. The van der Waals surface area contributed by atoms with Crippen molar-refractivity contribution in [2.45, 2.75) is 65.1 Å². The van der Waals surface area contributed by atoms with Crippen molar-refractivity contribution in [2.75, 3.05) is 0 Å². The quantitative estimate of drug-likeness (QED) is 0.660. The van der Waals surface area contributed by atoms with Crippen molar-refractivity contribution in [1.82, 2.24) is 0 Å². The summed E-state index contributed by atoms with van der Waals surface area (Å²) in [4.78, 5) is 36.8. The number of aliphatic hydroxyl groups excluding tert-OH is 1. The third-order valence-corrected chi connectivity index (χ3v) is 9.16. The van der Waals surface area contributed by atoms with Crippen molar-refractivity contribution in [3.63, 3.8) is 0 Å². The molecule has 7 heteroatoms. The van der Waals surface area contributed by atoms with Crippen LogP contribution in [0, 0.1) is 34.5 Å². The van der Waals surface area contributed by atoms with Crippen LogP contribution < -0.4 is 0 Å². The number of hydrogen-bond donors (Lipinski definition) is 1. The molecule has 8 atom stereocenters. The van der Waals surface area contributed by atoms with E-state index < -0.39 is 33.6 Å². The summed E-state index contributed by atoms with van der Waals surface area (Å²) in [6.45, 7) is 7.04. The molecule has 30 heavy (non-hydrogen) atoms. The van der Waals surface area contributed by atoms with E-state index in [0.29, 0.717) is 6.42 Å². The average molecular weight is 437 g/mol. The molecular formula is C23H29FO5S. The van der Waals surface area contributed by atoms with Crippen molar-refractivity contribution in [1.29, 1.82) is 0 Å². The lowest BCUT2D eigenvalue weighted by molar-refractivity contribution is -0.198. The largest absolute Gasteiger partial charge is 0.449 e. The fraction of sp³-hybridized carbons (Fsp3) is 0.696. The molecule has 0 aromatic heterocycles. The Morgan fingerprint density at radius 3 is 2.67 bits per heavy atom. The van der Waals surface area contributed by atoms with Crippen molar-refractivity contribution < 1.29 is 28.1 Å². The van der Waals surface area contributed by atoms with E-state index in [1.165, 1.54) is 6.92 Å². The van der Waals surface area contributed by atoms with Crippen LogP contribution in [0.25, 0.3) is 0 Å². The first kappa shape index (κ1) is 21.8. The Morgan fingerprint density at radius 2 is 2.03 bits per heavy atom. The molecule has 0 aromatic rings. The zero-order chi connectivity index (χ0) is 22.1. The van der Waals surface area contributed by atoms with E-state index in [4.69, 9.17) is 4.74 Å². The van der Waals surface area contributed by atoms with E-state index >= 15 is 0 Å². The second-order valence-corrected chi connectivity index (χ2v) is 10.6. The van der Waals surface area contributed by atoms with Gasteiger partial charge < -0.3 is 9.84 Å². The molecule has 0 bridgehead atoms. The Bertz CT molecular complexity index is 868. The predicted molar refractivity (Wildman–Crippen MR) is 111 cm³/mol. The summed E-state index contributed by atoms with van der Waals surface area (Å²) < 4.78 is 19.3. The molecule has 4 aliphatic rings. The van der Waals surface area contributed by atoms with Gasteiger partial charge in [0.2, 0.25) is 0 Å². The maximum atomic E-state index is 13.6. The molecule has 164 valence electrons. The number of ketones is 1. The van der Waals surface area contributed by atoms with Crippen LogP contribution in [0.2, 0.25) is 0 Å². The zero-order valence-electron chi connectivity index (χ0n) is 17.8. The molecule has 0 aromatic carbocycles. The van der Waals surface area contributed by atoms with Crippen molar-refractivity contribution in [2.24, 2.45) is 34.5 Å². The highest BCUT2D eigenvalue weighted by Gasteiger charge is 2.73. The number of allylic oxidation sites excluding steroid dienone is 4. The van der Waals surface area contributed by atoms with Gasteiger partial charge in [-0.2, -0.15) is 3.89 Å². The van der Waals surface area contributed by atoms with Crippen LogP contribution in [0.4, 0.5) is 3.89 Å². The number of carbonyl (C=O) groups is 3. The third-order valence-electron chi connectivity index (χ3n) is 8.71. The normalized spacial score (nSPS) is 47.1. The molecule has 4 rings (SSSR count). The van der Waals surface area contributed by atoms with E-state index in [-0.39, 0.29) is 48.0 Å². The van der Waals surface area contributed by atoms with Gasteiger partial charge in [-0.25, -0.2) is 0 Å². The first-order valence-corrected chi connectivity index (χ1v) is 11.4. The number of aliphatic hydroxyl groups is 1. The van der Waals surface area contributed by atoms with Crippen LogP contribution in [0.1, 0.15) is 53.4 Å². The first-order chi connectivity index (χ1) is 14.0. The summed E-state index contributed by atoms with van der Waals surface area (Å²) >= 11 is -0.386. The highest BCUT2D eigenvalue weighted by atomic mass is 32.2. The van der Waals surface area contributed by atoms with Crippen LogP contribution in [0.3, 0.4) is 0 Å². The Morgan fingerprint density at radius 1 is 1.33 bits per heavy atom. The van der Waals surface area contributed by atoms with Crippen LogP contribution in [0.15, 0.2) is 23.8 Å². The van der Waals surface area contributed by atoms with Crippen molar-refractivity contribution >= 4 is 29.0 Å². The van der Waals surface area contributed by atoms with Crippen molar-refractivity contribution in [3.05, 3.63) is 23.8 Å². The summed E-state index contributed by atoms with van der Waals surface area (Å²) in [7, 11) is 0.